The number of nitrogens with two attached hydrogens (primary N) is 1. The molecule has 0 aliphatic rings. The van der Waals surface area contributed by atoms with Crippen molar-refractivity contribution in [1.82, 2.24) is 9.13 Å². The molecule has 2 N–H and O–H groups in total. The van der Waals surface area contributed by atoms with E-state index < -0.39 is 0 Å². The van der Waals surface area contributed by atoms with Crippen LogP contribution in [0, 0.1) is 0 Å². The van der Waals surface area contributed by atoms with E-state index in [0.717, 1.165) is 0 Å². The first-order chi connectivity index (χ1) is 6.79. The summed E-state index contributed by atoms with van der Waals surface area (Å²) in [6.07, 6.45) is 3.56. The number of aromatic nitrogens is 2. The van der Waals surface area contributed by atoms with Gasteiger partial charge in [-0.05, 0) is 6.92 Å². The third kappa shape index (κ3) is 2.71. The molecular formula is C9H17N3O2. The van der Waals surface area contributed by atoms with Gasteiger partial charge < -0.3 is 10.5 Å². The van der Waals surface area contributed by atoms with Crippen LogP contribution in [0.4, 0.5) is 0 Å². The molecule has 0 spiro atoms. The van der Waals surface area contributed by atoms with Gasteiger partial charge in [0.2, 0.25) is 0 Å². The molecule has 0 aromatic carbocycles. The summed E-state index contributed by atoms with van der Waals surface area (Å²) in [7, 11) is 0. The van der Waals surface area contributed by atoms with Crippen LogP contribution in [0.5, 0.6) is 0 Å². The molecule has 5 nitrogen and oxygen atoms in total. The van der Waals surface area contributed by atoms with Crippen molar-refractivity contribution in [2.75, 3.05) is 19.8 Å². The highest BCUT2D eigenvalue weighted by atomic mass is 16.5. The number of imidazole rings is 1. The van der Waals surface area contributed by atoms with Crippen LogP contribution in [0.25, 0.3) is 0 Å². The lowest BCUT2D eigenvalue weighted by molar-refractivity contribution is 0.132. The van der Waals surface area contributed by atoms with Crippen molar-refractivity contribution in [3.05, 3.63) is 22.9 Å². The summed E-state index contributed by atoms with van der Waals surface area (Å²) < 4.78 is 8.49. The van der Waals surface area contributed by atoms with Gasteiger partial charge >= 0.3 is 5.69 Å². The first-order valence-electron chi connectivity index (χ1n) is 4.83. The van der Waals surface area contributed by atoms with Crippen molar-refractivity contribution in [1.29, 1.82) is 0 Å². The van der Waals surface area contributed by atoms with Crippen molar-refractivity contribution < 1.29 is 4.74 Å². The van der Waals surface area contributed by atoms with Gasteiger partial charge in [-0.3, -0.25) is 9.13 Å². The van der Waals surface area contributed by atoms with Crippen LogP contribution in [0.2, 0.25) is 0 Å². The Bertz CT molecular complexity index is 316. The van der Waals surface area contributed by atoms with E-state index in [0.29, 0.717) is 32.8 Å². The quantitative estimate of drug-likeness (QED) is 0.637. The van der Waals surface area contributed by atoms with E-state index in [1.807, 2.05) is 6.92 Å². The Morgan fingerprint density at radius 2 is 2.07 bits per heavy atom. The molecule has 1 heterocycles. The Hall–Kier alpha value is -1.07. The topological polar surface area (TPSA) is 62.2 Å². The Kier molecular flexibility index (Phi) is 4.42. The van der Waals surface area contributed by atoms with E-state index in [9.17, 15) is 4.79 Å². The fourth-order valence-corrected chi connectivity index (χ4v) is 1.21. The fourth-order valence-electron chi connectivity index (χ4n) is 1.21. The predicted molar refractivity (Wildman–Crippen MR) is 54.2 cm³/mol. The van der Waals surface area contributed by atoms with E-state index in [1.165, 1.54) is 0 Å². The van der Waals surface area contributed by atoms with Crippen molar-refractivity contribution in [2.45, 2.75) is 20.0 Å². The van der Waals surface area contributed by atoms with Crippen LogP contribution in [0.1, 0.15) is 6.92 Å². The molecule has 1 aromatic rings. The average Bonchev–Trinajstić information content (AvgIpc) is 2.55. The van der Waals surface area contributed by atoms with E-state index >= 15 is 0 Å². The van der Waals surface area contributed by atoms with Gasteiger partial charge in [0.15, 0.2) is 0 Å². The zero-order valence-electron chi connectivity index (χ0n) is 8.48. The zero-order chi connectivity index (χ0) is 10.4. The largest absolute Gasteiger partial charge is 0.378 e. The summed E-state index contributed by atoms with van der Waals surface area (Å²) in [6, 6.07) is 0. The van der Waals surface area contributed by atoms with Crippen LogP contribution >= 0.6 is 0 Å². The molecule has 0 fully saturated rings. The number of ether oxygens (including phenoxy) is 1. The Labute approximate surface area is 83.1 Å². The summed E-state index contributed by atoms with van der Waals surface area (Å²) in [6.45, 7) is 4.83. The number of hydrogen-bond donors (Lipinski definition) is 1. The van der Waals surface area contributed by atoms with Gasteiger partial charge in [0.25, 0.3) is 0 Å². The molecular weight excluding hydrogens is 182 g/mol. The summed E-state index contributed by atoms with van der Waals surface area (Å²) in [5, 5.41) is 0. The van der Waals surface area contributed by atoms with Crippen molar-refractivity contribution in [3.63, 3.8) is 0 Å². The van der Waals surface area contributed by atoms with E-state index in [-0.39, 0.29) is 5.69 Å². The minimum absolute atomic E-state index is 0.0175. The average molecular weight is 199 g/mol. The summed E-state index contributed by atoms with van der Waals surface area (Å²) >= 11 is 0. The first kappa shape index (κ1) is 11.0. The van der Waals surface area contributed by atoms with Gasteiger partial charge in [0.05, 0.1) is 19.8 Å². The lowest BCUT2D eigenvalue weighted by Gasteiger charge is -2.02. The Morgan fingerprint density at radius 1 is 1.36 bits per heavy atom. The number of nitrogens with zero attached hydrogens (tertiary/aromatic N) is 2. The molecule has 80 valence electrons. The molecule has 0 saturated heterocycles. The molecule has 14 heavy (non-hydrogen) atoms. The van der Waals surface area contributed by atoms with Gasteiger partial charge in [-0.1, -0.05) is 0 Å². The monoisotopic (exact) mass is 199 g/mol. The second-order valence-corrected chi connectivity index (χ2v) is 2.96. The second-order valence-electron chi connectivity index (χ2n) is 2.96. The van der Waals surface area contributed by atoms with Crippen LogP contribution in [0.3, 0.4) is 0 Å². The number of rotatable bonds is 6. The van der Waals surface area contributed by atoms with Crippen molar-refractivity contribution in [3.8, 4) is 0 Å². The fraction of sp³-hybridized carbons (Fsp3) is 0.667. The standard InChI is InChI=1S/C9H17N3O2/c1-2-11-4-5-12(9(11)13)6-8-14-7-3-10/h4-5H,2-3,6-8,10H2,1H3. The highest BCUT2D eigenvalue weighted by Crippen LogP contribution is 1.86. The van der Waals surface area contributed by atoms with E-state index in [4.69, 9.17) is 10.5 Å². The highest BCUT2D eigenvalue weighted by molar-refractivity contribution is 4.80. The van der Waals surface area contributed by atoms with Crippen LogP contribution in [-0.4, -0.2) is 28.9 Å². The summed E-state index contributed by atoms with van der Waals surface area (Å²) in [4.78, 5) is 11.5. The molecule has 1 aromatic heterocycles. The minimum Gasteiger partial charge on any atom is -0.378 e. The molecule has 0 aliphatic carbocycles. The lowest BCUT2D eigenvalue weighted by Crippen LogP contribution is -2.25. The van der Waals surface area contributed by atoms with Crippen LogP contribution < -0.4 is 11.4 Å². The van der Waals surface area contributed by atoms with Gasteiger partial charge in [-0.15, -0.1) is 0 Å². The first-order valence-corrected chi connectivity index (χ1v) is 4.83. The Morgan fingerprint density at radius 3 is 2.64 bits per heavy atom. The van der Waals surface area contributed by atoms with Crippen molar-refractivity contribution in [2.24, 2.45) is 5.73 Å². The summed E-state index contributed by atoms with van der Waals surface area (Å²) in [5.41, 5.74) is 5.28. The highest BCUT2D eigenvalue weighted by Gasteiger charge is 2.00. The molecule has 0 atom stereocenters. The smallest absolute Gasteiger partial charge is 0.328 e. The summed E-state index contributed by atoms with van der Waals surface area (Å²) in [5.74, 6) is 0. The maximum atomic E-state index is 11.5. The molecule has 0 unspecified atom stereocenters. The van der Waals surface area contributed by atoms with E-state index in [1.54, 1.807) is 21.5 Å². The number of hydrogen-bond acceptors (Lipinski definition) is 3. The zero-order valence-corrected chi connectivity index (χ0v) is 8.48. The normalized spacial score (nSPS) is 10.7. The third-order valence-corrected chi connectivity index (χ3v) is 2.00. The maximum Gasteiger partial charge on any atom is 0.328 e. The van der Waals surface area contributed by atoms with Crippen molar-refractivity contribution >= 4 is 0 Å². The Balaban J connectivity index is 2.43. The molecule has 1 rings (SSSR count). The van der Waals surface area contributed by atoms with Gasteiger partial charge in [0.1, 0.15) is 0 Å². The molecule has 5 heteroatoms. The molecule has 0 radical (unpaired) electrons. The SMILES string of the molecule is CCn1ccn(CCOCCN)c1=O. The molecule has 0 bridgehead atoms. The van der Waals surface area contributed by atoms with Crippen LogP contribution in [0.15, 0.2) is 17.2 Å². The third-order valence-electron chi connectivity index (χ3n) is 2.00. The molecule has 0 amide bonds. The van der Waals surface area contributed by atoms with E-state index in [2.05, 4.69) is 0 Å². The second kappa shape index (κ2) is 5.62. The van der Waals surface area contributed by atoms with Gasteiger partial charge in [-0.2, -0.15) is 0 Å². The van der Waals surface area contributed by atoms with Gasteiger partial charge in [0, 0.05) is 25.5 Å². The minimum atomic E-state index is 0.0175. The number of aryl methyl sites for hydroxylation is 1. The maximum absolute atomic E-state index is 11.5. The van der Waals surface area contributed by atoms with Crippen LogP contribution in [-0.2, 0) is 17.8 Å². The van der Waals surface area contributed by atoms with Gasteiger partial charge in [-0.25, -0.2) is 4.79 Å². The lowest BCUT2D eigenvalue weighted by atomic mass is 10.6. The predicted octanol–water partition coefficient (Wildman–Crippen LogP) is -0.355. The molecule has 0 aliphatic heterocycles. The molecule has 0 saturated carbocycles.